The Balaban J connectivity index is 1.45. The van der Waals surface area contributed by atoms with Crippen molar-refractivity contribution in [2.75, 3.05) is 31.1 Å². The molecule has 0 aliphatic carbocycles. The number of hydrogen-bond donors (Lipinski definition) is 0. The zero-order chi connectivity index (χ0) is 16.5. The van der Waals surface area contributed by atoms with E-state index in [1.54, 1.807) is 41.8 Å². The molecule has 0 unspecified atom stereocenters. The molecule has 0 bridgehead atoms. The van der Waals surface area contributed by atoms with Crippen LogP contribution in [0.3, 0.4) is 0 Å². The minimum Gasteiger partial charge on any atom is -0.344 e. The summed E-state index contributed by atoms with van der Waals surface area (Å²) in [5.74, 6) is 0.0307. The molecule has 0 saturated carbocycles. The van der Waals surface area contributed by atoms with Crippen LogP contribution in [0.1, 0.15) is 10.4 Å². The smallest absolute Gasteiger partial charge is 0.254 e. The van der Waals surface area contributed by atoms with Crippen LogP contribution in [0.4, 0.5) is 5.13 Å². The first kappa shape index (κ1) is 15.4. The first-order chi connectivity index (χ1) is 11.7. The van der Waals surface area contributed by atoms with Gasteiger partial charge in [0.15, 0.2) is 5.13 Å². The molecule has 1 aliphatic heterocycles. The monoisotopic (exact) mass is 358 g/mol. The number of hydrogen-bond acceptors (Lipinski definition) is 5. The lowest BCUT2D eigenvalue weighted by Gasteiger charge is -2.34. The second-order valence-electron chi connectivity index (χ2n) is 5.61. The molecule has 24 heavy (non-hydrogen) atoms. The summed E-state index contributed by atoms with van der Waals surface area (Å²) in [6, 6.07) is 11.0. The van der Waals surface area contributed by atoms with Gasteiger partial charge in [-0.1, -0.05) is 29.0 Å². The third-order valence-corrected chi connectivity index (χ3v) is 5.34. The highest BCUT2D eigenvalue weighted by molar-refractivity contribution is 7.21. The molecule has 4 rings (SSSR count). The molecular weight excluding hydrogens is 344 g/mol. The van der Waals surface area contributed by atoms with Crippen molar-refractivity contribution in [1.29, 1.82) is 0 Å². The van der Waals surface area contributed by atoms with Gasteiger partial charge in [0.05, 0.1) is 0 Å². The molecular formula is C17H15ClN4OS. The number of carbonyl (C=O) groups is 1. The fourth-order valence-corrected chi connectivity index (χ4v) is 3.95. The maximum atomic E-state index is 12.6. The molecule has 1 aromatic carbocycles. The van der Waals surface area contributed by atoms with Crippen molar-refractivity contribution < 1.29 is 4.79 Å². The molecule has 1 fully saturated rings. The van der Waals surface area contributed by atoms with Gasteiger partial charge >= 0.3 is 0 Å². The first-order valence-corrected chi connectivity index (χ1v) is 8.91. The van der Waals surface area contributed by atoms with Crippen LogP contribution < -0.4 is 4.90 Å². The van der Waals surface area contributed by atoms with Crippen LogP contribution in [0.25, 0.3) is 10.3 Å². The third kappa shape index (κ3) is 2.95. The summed E-state index contributed by atoms with van der Waals surface area (Å²) >= 11 is 7.57. The van der Waals surface area contributed by atoms with Crippen LogP contribution in [0.2, 0.25) is 5.02 Å². The standard InChI is InChI=1S/C17H15ClN4OS/c18-13-4-1-3-12(11-13)16(23)21-7-9-22(10-8-21)17-20-14-5-2-6-19-15(14)24-17/h1-6,11H,7-10H2. The fraction of sp³-hybridized carbons (Fsp3) is 0.235. The number of fused-ring (bicyclic) bond motifs is 1. The van der Waals surface area contributed by atoms with Gasteiger partial charge in [-0.25, -0.2) is 9.97 Å². The molecule has 122 valence electrons. The average molecular weight is 359 g/mol. The Kier molecular flexibility index (Phi) is 4.08. The van der Waals surface area contributed by atoms with Crippen LogP contribution in [-0.4, -0.2) is 47.0 Å². The number of anilines is 1. The minimum absolute atomic E-state index is 0.0307. The van der Waals surface area contributed by atoms with E-state index in [9.17, 15) is 4.79 Å². The van der Waals surface area contributed by atoms with E-state index in [1.807, 2.05) is 17.0 Å². The molecule has 1 aliphatic rings. The van der Waals surface area contributed by atoms with Crippen LogP contribution >= 0.6 is 22.9 Å². The third-order valence-electron chi connectivity index (χ3n) is 4.06. The van der Waals surface area contributed by atoms with Crippen molar-refractivity contribution in [3.05, 3.63) is 53.2 Å². The molecule has 1 amide bonds. The number of halogens is 1. The summed E-state index contributed by atoms with van der Waals surface area (Å²) < 4.78 is 0. The molecule has 5 nitrogen and oxygen atoms in total. The van der Waals surface area contributed by atoms with Crippen molar-refractivity contribution in [1.82, 2.24) is 14.9 Å². The average Bonchev–Trinajstić information content (AvgIpc) is 3.05. The zero-order valence-electron chi connectivity index (χ0n) is 12.9. The highest BCUT2D eigenvalue weighted by atomic mass is 35.5. The van der Waals surface area contributed by atoms with Gasteiger partial charge in [0.1, 0.15) is 10.3 Å². The summed E-state index contributed by atoms with van der Waals surface area (Å²) in [4.78, 5) is 26.6. The summed E-state index contributed by atoms with van der Waals surface area (Å²) in [7, 11) is 0. The van der Waals surface area contributed by atoms with Gasteiger partial charge in [-0.3, -0.25) is 4.79 Å². The van der Waals surface area contributed by atoms with Gasteiger partial charge in [-0.15, -0.1) is 0 Å². The Morgan fingerprint density at radius 1 is 1.12 bits per heavy atom. The number of amides is 1. The maximum absolute atomic E-state index is 12.6. The highest BCUT2D eigenvalue weighted by Gasteiger charge is 2.24. The molecule has 2 aromatic heterocycles. The molecule has 7 heteroatoms. The zero-order valence-corrected chi connectivity index (χ0v) is 14.4. The van der Waals surface area contributed by atoms with Crippen molar-refractivity contribution in [3.8, 4) is 0 Å². The van der Waals surface area contributed by atoms with E-state index in [0.29, 0.717) is 23.7 Å². The largest absolute Gasteiger partial charge is 0.344 e. The predicted molar refractivity (Wildman–Crippen MR) is 97.0 cm³/mol. The second kappa shape index (κ2) is 6.37. The van der Waals surface area contributed by atoms with E-state index in [-0.39, 0.29) is 5.91 Å². The number of nitrogens with zero attached hydrogens (tertiary/aromatic N) is 4. The number of aromatic nitrogens is 2. The number of piperazine rings is 1. The van der Waals surface area contributed by atoms with Crippen LogP contribution in [-0.2, 0) is 0 Å². The Morgan fingerprint density at radius 2 is 1.96 bits per heavy atom. The Bertz CT molecular complexity index is 856. The maximum Gasteiger partial charge on any atom is 0.254 e. The summed E-state index contributed by atoms with van der Waals surface area (Å²) in [5.41, 5.74) is 1.56. The van der Waals surface area contributed by atoms with Gasteiger partial charge in [-0.05, 0) is 30.3 Å². The van der Waals surface area contributed by atoms with Gasteiger partial charge in [-0.2, -0.15) is 0 Å². The molecule has 0 spiro atoms. The van der Waals surface area contributed by atoms with E-state index >= 15 is 0 Å². The number of pyridine rings is 1. The number of benzene rings is 1. The molecule has 3 aromatic rings. The van der Waals surface area contributed by atoms with Crippen LogP contribution in [0, 0.1) is 0 Å². The van der Waals surface area contributed by atoms with E-state index in [4.69, 9.17) is 11.6 Å². The predicted octanol–water partition coefficient (Wildman–Crippen LogP) is 3.31. The Hall–Kier alpha value is -2.18. The van der Waals surface area contributed by atoms with E-state index in [2.05, 4.69) is 14.9 Å². The van der Waals surface area contributed by atoms with Crippen molar-refractivity contribution in [2.24, 2.45) is 0 Å². The fourth-order valence-electron chi connectivity index (χ4n) is 2.80. The van der Waals surface area contributed by atoms with E-state index in [1.165, 1.54) is 0 Å². The van der Waals surface area contributed by atoms with Crippen LogP contribution in [0.5, 0.6) is 0 Å². The van der Waals surface area contributed by atoms with Crippen molar-refractivity contribution >= 4 is 44.3 Å². The summed E-state index contributed by atoms with van der Waals surface area (Å²) in [6.45, 7) is 2.89. The second-order valence-corrected chi connectivity index (χ2v) is 7.01. The number of carbonyl (C=O) groups excluding carboxylic acids is 1. The van der Waals surface area contributed by atoms with Crippen molar-refractivity contribution in [2.45, 2.75) is 0 Å². The molecule has 0 radical (unpaired) electrons. The van der Waals surface area contributed by atoms with E-state index in [0.717, 1.165) is 28.6 Å². The first-order valence-electron chi connectivity index (χ1n) is 7.72. The van der Waals surface area contributed by atoms with Gasteiger partial charge in [0.25, 0.3) is 5.91 Å². The molecule has 3 heterocycles. The van der Waals surface area contributed by atoms with Gasteiger partial charge < -0.3 is 9.80 Å². The normalized spacial score (nSPS) is 15.0. The van der Waals surface area contributed by atoms with Crippen molar-refractivity contribution in [3.63, 3.8) is 0 Å². The quantitative estimate of drug-likeness (QED) is 0.705. The summed E-state index contributed by atoms with van der Waals surface area (Å²) in [6.07, 6.45) is 1.78. The highest BCUT2D eigenvalue weighted by Crippen LogP contribution is 2.27. The lowest BCUT2D eigenvalue weighted by Crippen LogP contribution is -2.48. The topological polar surface area (TPSA) is 49.3 Å². The summed E-state index contributed by atoms with van der Waals surface area (Å²) in [5, 5.41) is 1.56. The van der Waals surface area contributed by atoms with Crippen LogP contribution in [0.15, 0.2) is 42.6 Å². The lowest BCUT2D eigenvalue weighted by molar-refractivity contribution is 0.0747. The van der Waals surface area contributed by atoms with Gasteiger partial charge in [0, 0.05) is 43.0 Å². The number of thiazole rings is 1. The Morgan fingerprint density at radius 3 is 2.71 bits per heavy atom. The molecule has 0 atom stereocenters. The SMILES string of the molecule is O=C(c1cccc(Cl)c1)N1CCN(c2nc3cccnc3s2)CC1. The van der Waals surface area contributed by atoms with E-state index < -0.39 is 0 Å². The minimum atomic E-state index is 0.0307. The molecule has 1 saturated heterocycles. The molecule has 0 N–H and O–H groups in total. The lowest BCUT2D eigenvalue weighted by atomic mass is 10.2. The number of rotatable bonds is 2. The van der Waals surface area contributed by atoms with Gasteiger partial charge in [0.2, 0.25) is 0 Å². The Labute approximate surface area is 148 Å².